The fourth-order valence-electron chi connectivity index (χ4n) is 3.88. The lowest BCUT2D eigenvalue weighted by atomic mass is 9.86. The lowest BCUT2D eigenvalue weighted by Gasteiger charge is -2.25. The average Bonchev–Trinajstić information content (AvgIpc) is 2.70. The van der Waals surface area contributed by atoms with Crippen LogP contribution in [0.5, 0.6) is 5.88 Å². The number of aliphatic imine (C=N–C) groups is 1. The van der Waals surface area contributed by atoms with E-state index in [2.05, 4.69) is 11.9 Å². The molecule has 4 rings (SSSR count). The molecular weight excluding hydrogens is 338 g/mol. The highest BCUT2D eigenvalue weighted by Crippen LogP contribution is 2.28. The van der Waals surface area contributed by atoms with Crippen LogP contribution in [0.2, 0.25) is 0 Å². The van der Waals surface area contributed by atoms with Gasteiger partial charge in [0.2, 0.25) is 5.88 Å². The molecule has 1 aliphatic rings. The van der Waals surface area contributed by atoms with Gasteiger partial charge in [-0.05, 0) is 37.0 Å². The minimum atomic E-state index is -0.287. The Labute approximate surface area is 158 Å². The Morgan fingerprint density at radius 2 is 1.85 bits per heavy atom. The fourth-order valence-corrected chi connectivity index (χ4v) is 3.88. The molecule has 2 atom stereocenters. The summed E-state index contributed by atoms with van der Waals surface area (Å²) >= 11 is 0. The van der Waals surface area contributed by atoms with Gasteiger partial charge >= 0.3 is 0 Å². The second kappa shape index (κ2) is 7.35. The topological polar surface area (TPSA) is 67.5 Å². The van der Waals surface area contributed by atoms with Crippen LogP contribution in [0.25, 0.3) is 16.6 Å². The molecule has 2 aromatic heterocycles. The van der Waals surface area contributed by atoms with Crippen molar-refractivity contribution < 1.29 is 5.11 Å². The minimum absolute atomic E-state index is 0.121. The van der Waals surface area contributed by atoms with E-state index < -0.39 is 0 Å². The molecule has 3 aromatic rings. The third kappa shape index (κ3) is 3.25. The maximum Gasteiger partial charge on any atom is 0.267 e. The molecule has 2 unspecified atom stereocenters. The zero-order valence-corrected chi connectivity index (χ0v) is 15.4. The van der Waals surface area contributed by atoms with E-state index in [0.717, 1.165) is 6.42 Å². The smallest absolute Gasteiger partial charge is 0.267 e. The summed E-state index contributed by atoms with van der Waals surface area (Å²) < 4.78 is 1.26. The van der Waals surface area contributed by atoms with Gasteiger partial charge in [0, 0.05) is 23.2 Å². The van der Waals surface area contributed by atoms with Crippen molar-refractivity contribution in [1.82, 2.24) is 9.55 Å². The number of hydrogen-bond donors (Lipinski definition) is 1. The third-order valence-corrected chi connectivity index (χ3v) is 5.44. The Bertz CT molecular complexity index is 1040. The van der Waals surface area contributed by atoms with Crippen molar-refractivity contribution in [3.8, 4) is 11.7 Å². The monoisotopic (exact) mass is 361 g/mol. The van der Waals surface area contributed by atoms with Gasteiger partial charge in [0.1, 0.15) is 5.82 Å². The average molecular weight is 361 g/mol. The molecule has 1 fully saturated rings. The van der Waals surface area contributed by atoms with Crippen LogP contribution in [-0.4, -0.2) is 26.9 Å². The second-order valence-corrected chi connectivity index (χ2v) is 7.22. The Kier molecular flexibility index (Phi) is 4.75. The molecule has 0 aliphatic heterocycles. The molecule has 5 nitrogen and oxygen atoms in total. The highest BCUT2D eigenvalue weighted by Gasteiger charge is 2.21. The maximum atomic E-state index is 13.0. The summed E-state index contributed by atoms with van der Waals surface area (Å²) in [4.78, 5) is 22.0. The van der Waals surface area contributed by atoms with E-state index in [9.17, 15) is 9.90 Å². The van der Waals surface area contributed by atoms with Crippen molar-refractivity contribution in [3.63, 3.8) is 0 Å². The van der Waals surface area contributed by atoms with Crippen LogP contribution in [-0.2, 0) is 0 Å². The zero-order valence-electron chi connectivity index (χ0n) is 15.4. The number of rotatable bonds is 3. The van der Waals surface area contributed by atoms with Crippen molar-refractivity contribution in [2.75, 3.05) is 0 Å². The van der Waals surface area contributed by atoms with E-state index in [0.29, 0.717) is 28.1 Å². The van der Waals surface area contributed by atoms with E-state index in [1.165, 1.54) is 23.8 Å². The number of aromatic hydroxyl groups is 1. The molecule has 1 aliphatic carbocycles. The maximum absolute atomic E-state index is 13.0. The van der Waals surface area contributed by atoms with Gasteiger partial charge in [-0.3, -0.25) is 9.79 Å². The van der Waals surface area contributed by atoms with Crippen molar-refractivity contribution in [1.29, 1.82) is 0 Å². The third-order valence-electron chi connectivity index (χ3n) is 5.44. The Morgan fingerprint density at radius 1 is 1.11 bits per heavy atom. The van der Waals surface area contributed by atoms with Crippen LogP contribution in [0.15, 0.2) is 58.4 Å². The lowest BCUT2D eigenvalue weighted by molar-refractivity contribution is 0.333. The molecule has 27 heavy (non-hydrogen) atoms. The first kappa shape index (κ1) is 17.5. The summed E-state index contributed by atoms with van der Waals surface area (Å²) in [7, 11) is 0. The van der Waals surface area contributed by atoms with Gasteiger partial charge in [0.15, 0.2) is 0 Å². The highest BCUT2D eigenvalue weighted by atomic mass is 16.3. The molecule has 5 heteroatoms. The summed E-state index contributed by atoms with van der Waals surface area (Å²) in [5.74, 6) is 0.807. The van der Waals surface area contributed by atoms with E-state index in [1.807, 2.05) is 18.2 Å². The number of nitrogens with zero attached hydrogens (tertiary/aromatic N) is 3. The first-order valence-electron chi connectivity index (χ1n) is 9.48. The van der Waals surface area contributed by atoms with Gasteiger partial charge in [-0.2, -0.15) is 0 Å². The Morgan fingerprint density at radius 3 is 2.59 bits per heavy atom. The lowest BCUT2D eigenvalue weighted by Crippen LogP contribution is -2.22. The molecule has 0 spiro atoms. The minimum Gasteiger partial charge on any atom is -0.494 e. The molecule has 0 amide bonds. The van der Waals surface area contributed by atoms with Crippen molar-refractivity contribution in [2.45, 2.75) is 38.6 Å². The van der Waals surface area contributed by atoms with Crippen LogP contribution in [0, 0.1) is 5.92 Å². The number of pyridine rings is 2. The molecule has 1 aromatic carbocycles. The highest BCUT2D eigenvalue weighted by molar-refractivity contribution is 6.01. The van der Waals surface area contributed by atoms with Gasteiger partial charge in [-0.1, -0.05) is 44.0 Å². The predicted molar refractivity (Wildman–Crippen MR) is 108 cm³/mol. The van der Waals surface area contributed by atoms with Gasteiger partial charge < -0.3 is 5.11 Å². The molecule has 2 heterocycles. The first-order chi connectivity index (χ1) is 13.2. The molecule has 1 saturated carbocycles. The Balaban J connectivity index is 1.90. The van der Waals surface area contributed by atoms with Crippen LogP contribution < -0.4 is 5.56 Å². The molecule has 138 valence electrons. The molecule has 0 saturated heterocycles. The summed E-state index contributed by atoms with van der Waals surface area (Å²) in [6.45, 7) is 2.23. The van der Waals surface area contributed by atoms with Crippen molar-refractivity contribution >= 4 is 17.0 Å². The largest absolute Gasteiger partial charge is 0.494 e. The Hall–Kier alpha value is -2.95. The van der Waals surface area contributed by atoms with Crippen LogP contribution in [0.1, 0.15) is 38.2 Å². The van der Waals surface area contributed by atoms with E-state index in [1.54, 1.807) is 36.7 Å². The van der Waals surface area contributed by atoms with Crippen LogP contribution >= 0.6 is 0 Å². The van der Waals surface area contributed by atoms with E-state index in [4.69, 9.17) is 4.99 Å². The normalized spacial score (nSPS) is 20.3. The van der Waals surface area contributed by atoms with Crippen molar-refractivity contribution in [3.05, 3.63) is 64.6 Å². The quantitative estimate of drug-likeness (QED) is 0.715. The SMILES string of the molecule is CC1CCCCC1N=Cc1c(O)n(-c2ccccn2)c(=O)c2ccccc12. The number of fused-ring (bicyclic) bond motifs is 1. The number of hydrogen-bond acceptors (Lipinski definition) is 4. The summed E-state index contributed by atoms with van der Waals surface area (Å²) in [6, 6.07) is 12.9. The van der Waals surface area contributed by atoms with Gasteiger partial charge in [0.25, 0.3) is 5.56 Å². The van der Waals surface area contributed by atoms with Gasteiger partial charge in [-0.25, -0.2) is 9.55 Å². The summed E-state index contributed by atoms with van der Waals surface area (Å²) in [5.41, 5.74) is 0.276. The first-order valence-corrected chi connectivity index (χ1v) is 9.48. The standard InChI is InChI=1S/C22H23N3O2/c1-15-8-2-5-11-19(15)24-14-18-16-9-3-4-10-17(16)21(26)25(22(18)27)20-12-6-7-13-23-20/h3-4,6-7,9-10,12-15,19,27H,2,5,8,11H2,1H3. The summed E-state index contributed by atoms with van der Waals surface area (Å²) in [6.07, 6.45) is 8.04. The molecule has 0 bridgehead atoms. The number of aromatic nitrogens is 2. The van der Waals surface area contributed by atoms with Crippen LogP contribution in [0.4, 0.5) is 0 Å². The fraction of sp³-hybridized carbons (Fsp3) is 0.318. The predicted octanol–water partition coefficient (Wildman–Crippen LogP) is 4.09. The van der Waals surface area contributed by atoms with Gasteiger partial charge in [0.05, 0.1) is 11.6 Å². The van der Waals surface area contributed by atoms with Crippen LogP contribution in [0.3, 0.4) is 0 Å². The second-order valence-electron chi connectivity index (χ2n) is 7.22. The zero-order chi connectivity index (χ0) is 18.8. The number of benzene rings is 1. The van der Waals surface area contributed by atoms with E-state index in [-0.39, 0.29) is 17.5 Å². The molecule has 1 N–H and O–H groups in total. The van der Waals surface area contributed by atoms with Gasteiger partial charge in [-0.15, -0.1) is 0 Å². The molecular formula is C22H23N3O2. The summed E-state index contributed by atoms with van der Waals surface area (Å²) in [5, 5.41) is 12.2. The van der Waals surface area contributed by atoms with Crippen molar-refractivity contribution in [2.24, 2.45) is 10.9 Å². The molecule has 0 radical (unpaired) electrons. The van der Waals surface area contributed by atoms with E-state index >= 15 is 0 Å².